The molecule has 0 radical (unpaired) electrons. The summed E-state index contributed by atoms with van der Waals surface area (Å²) in [5.74, 6) is 0.823. The second-order valence-corrected chi connectivity index (χ2v) is 9.17. The molecule has 200 valence electrons. The van der Waals surface area contributed by atoms with Crippen LogP contribution in [0.5, 0.6) is 5.75 Å². The van der Waals surface area contributed by atoms with Gasteiger partial charge in [0.2, 0.25) is 0 Å². The van der Waals surface area contributed by atoms with Crippen LogP contribution in [0.25, 0.3) is 17.1 Å². The highest BCUT2D eigenvalue weighted by molar-refractivity contribution is 5.89. The lowest BCUT2D eigenvalue weighted by Crippen LogP contribution is -2.52. The largest absolute Gasteiger partial charge is 0.481 e. The van der Waals surface area contributed by atoms with Crippen LogP contribution in [0.3, 0.4) is 0 Å². The number of piperazine rings is 1. The standard InChI is InChI=1S/C30H31N5O4/c1-3-38-30(37)26-21-27(35(32-26)28-11-7-8-16-31-28)23-12-14-24(15-13-23)33-17-19-34(20-18-33)29(36)22(2)39-25-9-5-4-6-10-25/h4-16,21-22H,3,17-20H2,1-2H3/t22-/m0/s1. The van der Waals surface area contributed by atoms with Gasteiger partial charge >= 0.3 is 5.97 Å². The minimum Gasteiger partial charge on any atom is -0.481 e. The average molecular weight is 526 g/mol. The first kappa shape index (κ1) is 26.0. The number of benzene rings is 2. The monoisotopic (exact) mass is 525 g/mol. The van der Waals surface area contributed by atoms with Crippen molar-refractivity contribution in [3.63, 3.8) is 0 Å². The smallest absolute Gasteiger partial charge is 0.358 e. The number of para-hydroxylation sites is 1. The fourth-order valence-electron chi connectivity index (χ4n) is 4.58. The van der Waals surface area contributed by atoms with Gasteiger partial charge in [0.1, 0.15) is 5.75 Å². The highest BCUT2D eigenvalue weighted by Gasteiger charge is 2.26. The molecule has 0 N–H and O–H groups in total. The number of carbonyl (C=O) groups excluding carboxylic acids is 2. The zero-order chi connectivity index (χ0) is 27.2. The highest BCUT2D eigenvalue weighted by atomic mass is 16.5. The van der Waals surface area contributed by atoms with Crippen LogP contribution in [0, 0.1) is 0 Å². The van der Waals surface area contributed by atoms with Gasteiger partial charge in [0, 0.05) is 43.6 Å². The van der Waals surface area contributed by atoms with E-state index in [1.807, 2.05) is 77.7 Å². The molecule has 1 fully saturated rings. The van der Waals surface area contributed by atoms with E-state index < -0.39 is 12.1 Å². The number of pyridine rings is 1. The van der Waals surface area contributed by atoms with Gasteiger partial charge in [0.15, 0.2) is 17.6 Å². The molecule has 3 heterocycles. The SMILES string of the molecule is CCOC(=O)c1cc(-c2ccc(N3CCN(C(=O)[C@H](C)Oc4ccccc4)CC3)cc2)n(-c2ccccn2)n1. The van der Waals surface area contributed by atoms with Gasteiger partial charge in [-0.2, -0.15) is 5.10 Å². The van der Waals surface area contributed by atoms with E-state index in [2.05, 4.69) is 15.0 Å². The molecule has 1 amide bonds. The summed E-state index contributed by atoms with van der Waals surface area (Å²) in [6.07, 6.45) is 1.15. The minimum absolute atomic E-state index is 0.00552. The molecule has 0 unspecified atom stereocenters. The number of aromatic nitrogens is 3. The molecule has 0 saturated carbocycles. The molecule has 1 aliphatic heterocycles. The quantitative estimate of drug-likeness (QED) is 0.318. The minimum atomic E-state index is -0.540. The number of nitrogens with zero attached hydrogens (tertiary/aromatic N) is 5. The second-order valence-electron chi connectivity index (χ2n) is 9.17. The Bertz CT molecular complexity index is 1400. The third kappa shape index (κ3) is 5.93. The fourth-order valence-corrected chi connectivity index (χ4v) is 4.58. The Morgan fingerprint density at radius 3 is 2.31 bits per heavy atom. The molecule has 2 aromatic carbocycles. The molecule has 1 atom stereocenters. The van der Waals surface area contributed by atoms with E-state index in [-0.39, 0.29) is 18.2 Å². The molecule has 2 aromatic heterocycles. The molecule has 1 aliphatic rings. The highest BCUT2D eigenvalue weighted by Crippen LogP contribution is 2.27. The number of rotatable bonds is 8. The topological polar surface area (TPSA) is 89.8 Å². The van der Waals surface area contributed by atoms with E-state index in [0.717, 1.165) is 30.0 Å². The zero-order valence-electron chi connectivity index (χ0n) is 22.1. The molecule has 0 aliphatic carbocycles. The Kier molecular flexibility index (Phi) is 7.86. The van der Waals surface area contributed by atoms with Gasteiger partial charge in [-0.3, -0.25) is 4.79 Å². The molecule has 9 nitrogen and oxygen atoms in total. The van der Waals surface area contributed by atoms with Crippen LogP contribution in [0.1, 0.15) is 24.3 Å². The lowest BCUT2D eigenvalue weighted by atomic mass is 10.1. The number of ether oxygens (including phenoxy) is 2. The summed E-state index contributed by atoms with van der Waals surface area (Å²) in [4.78, 5) is 33.8. The first-order valence-electron chi connectivity index (χ1n) is 13.1. The summed E-state index contributed by atoms with van der Waals surface area (Å²) in [7, 11) is 0. The fraction of sp³-hybridized carbons (Fsp3) is 0.267. The summed E-state index contributed by atoms with van der Waals surface area (Å²) >= 11 is 0. The Hall–Kier alpha value is -4.66. The normalized spacial score (nSPS) is 14.1. The third-order valence-corrected chi connectivity index (χ3v) is 6.58. The van der Waals surface area contributed by atoms with E-state index in [1.54, 1.807) is 30.8 Å². The van der Waals surface area contributed by atoms with E-state index in [1.165, 1.54) is 0 Å². The number of hydrogen-bond donors (Lipinski definition) is 0. The number of esters is 1. The maximum absolute atomic E-state index is 12.9. The number of hydrogen-bond acceptors (Lipinski definition) is 7. The van der Waals surface area contributed by atoms with Crippen molar-refractivity contribution >= 4 is 17.6 Å². The van der Waals surface area contributed by atoms with Gasteiger partial charge < -0.3 is 19.3 Å². The van der Waals surface area contributed by atoms with Gasteiger partial charge in [-0.1, -0.05) is 36.4 Å². The molecule has 0 bridgehead atoms. The lowest BCUT2D eigenvalue weighted by molar-refractivity contribution is -0.138. The van der Waals surface area contributed by atoms with Gasteiger partial charge in [0.25, 0.3) is 5.91 Å². The van der Waals surface area contributed by atoms with Crippen molar-refractivity contribution in [2.24, 2.45) is 0 Å². The number of carbonyl (C=O) groups is 2. The van der Waals surface area contributed by atoms with Gasteiger partial charge in [0.05, 0.1) is 12.3 Å². The molecular weight excluding hydrogens is 494 g/mol. The Labute approximate surface area is 227 Å². The van der Waals surface area contributed by atoms with Crippen LogP contribution >= 0.6 is 0 Å². The van der Waals surface area contributed by atoms with Crippen molar-refractivity contribution in [2.75, 3.05) is 37.7 Å². The molecule has 39 heavy (non-hydrogen) atoms. The van der Waals surface area contributed by atoms with E-state index in [4.69, 9.17) is 9.47 Å². The first-order valence-corrected chi connectivity index (χ1v) is 13.1. The summed E-state index contributed by atoms with van der Waals surface area (Å²) in [5, 5.41) is 4.47. The maximum Gasteiger partial charge on any atom is 0.358 e. The van der Waals surface area contributed by atoms with E-state index >= 15 is 0 Å². The maximum atomic E-state index is 12.9. The van der Waals surface area contributed by atoms with Gasteiger partial charge in [-0.25, -0.2) is 14.5 Å². The summed E-state index contributed by atoms with van der Waals surface area (Å²) in [6.45, 7) is 6.53. The third-order valence-electron chi connectivity index (χ3n) is 6.58. The molecule has 5 rings (SSSR count). The van der Waals surface area contributed by atoms with E-state index in [9.17, 15) is 9.59 Å². The summed E-state index contributed by atoms with van der Waals surface area (Å²) in [5.41, 5.74) is 2.93. The van der Waals surface area contributed by atoms with Gasteiger partial charge in [-0.05, 0) is 56.3 Å². The van der Waals surface area contributed by atoms with Crippen LogP contribution < -0.4 is 9.64 Å². The lowest BCUT2D eigenvalue weighted by Gasteiger charge is -2.37. The zero-order valence-corrected chi connectivity index (χ0v) is 22.1. The van der Waals surface area contributed by atoms with Crippen LogP contribution in [0.2, 0.25) is 0 Å². The Balaban J connectivity index is 1.26. The Morgan fingerprint density at radius 1 is 0.923 bits per heavy atom. The van der Waals surface area contributed by atoms with Gasteiger partial charge in [-0.15, -0.1) is 0 Å². The van der Waals surface area contributed by atoms with Crippen LogP contribution in [0.15, 0.2) is 85.1 Å². The molecule has 0 spiro atoms. The summed E-state index contributed by atoms with van der Waals surface area (Å²) in [6, 6.07) is 24.8. The summed E-state index contributed by atoms with van der Waals surface area (Å²) < 4.78 is 12.6. The van der Waals surface area contributed by atoms with Crippen molar-refractivity contribution in [1.29, 1.82) is 0 Å². The van der Waals surface area contributed by atoms with Crippen LogP contribution in [-0.4, -0.2) is 70.4 Å². The van der Waals surface area contributed by atoms with Crippen molar-refractivity contribution in [3.8, 4) is 22.8 Å². The first-order chi connectivity index (χ1) is 19.0. The van der Waals surface area contributed by atoms with Crippen LogP contribution in [-0.2, 0) is 9.53 Å². The van der Waals surface area contributed by atoms with Crippen molar-refractivity contribution in [1.82, 2.24) is 19.7 Å². The van der Waals surface area contributed by atoms with E-state index in [0.29, 0.717) is 24.7 Å². The predicted molar refractivity (Wildman–Crippen MR) is 148 cm³/mol. The molecule has 9 heteroatoms. The molecule has 1 saturated heterocycles. The number of amides is 1. The predicted octanol–water partition coefficient (Wildman–Crippen LogP) is 4.23. The van der Waals surface area contributed by atoms with Crippen molar-refractivity contribution in [2.45, 2.75) is 20.0 Å². The Morgan fingerprint density at radius 2 is 1.64 bits per heavy atom. The second kappa shape index (κ2) is 11.8. The van der Waals surface area contributed by atoms with Crippen LogP contribution in [0.4, 0.5) is 5.69 Å². The number of anilines is 1. The van der Waals surface area contributed by atoms with Crippen molar-refractivity contribution in [3.05, 3.63) is 90.8 Å². The van der Waals surface area contributed by atoms with Crippen molar-refractivity contribution < 1.29 is 19.1 Å². The average Bonchev–Trinajstić information content (AvgIpc) is 3.44. The molecule has 4 aromatic rings. The molecular formula is C30H31N5O4.